The first-order valence-corrected chi connectivity index (χ1v) is 10.4. The number of hydrogen-bond donors (Lipinski definition) is 2. The number of carbonyl (C=O) groups is 2. The normalized spacial score (nSPS) is 13.9. The second-order valence-corrected chi connectivity index (χ2v) is 8.75. The molecule has 1 aliphatic heterocycles. The van der Waals surface area contributed by atoms with Crippen LogP contribution in [0.25, 0.3) is 5.69 Å². The number of nitrogens with one attached hydrogen (secondary N) is 2. The molecule has 0 unspecified atom stereocenters. The summed E-state index contributed by atoms with van der Waals surface area (Å²) in [7, 11) is 0. The predicted molar refractivity (Wildman–Crippen MR) is 122 cm³/mol. The lowest BCUT2D eigenvalue weighted by Gasteiger charge is -2.15. The van der Waals surface area contributed by atoms with Crippen molar-refractivity contribution in [3.63, 3.8) is 0 Å². The summed E-state index contributed by atoms with van der Waals surface area (Å²) in [6, 6.07) is 16.8. The Morgan fingerprint density at radius 2 is 1.81 bits per heavy atom. The molecule has 0 atom stereocenters. The molecule has 0 aliphatic carbocycles. The third-order valence-electron chi connectivity index (χ3n) is 5.36. The van der Waals surface area contributed by atoms with E-state index in [2.05, 4.69) is 31.4 Å². The van der Waals surface area contributed by atoms with E-state index in [1.165, 1.54) is 0 Å². The second-order valence-electron chi connectivity index (χ2n) is 8.75. The van der Waals surface area contributed by atoms with Crippen molar-refractivity contribution in [2.75, 3.05) is 23.3 Å². The fourth-order valence-corrected chi connectivity index (χ4v) is 3.52. The molecule has 1 fully saturated rings. The summed E-state index contributed by atoms with van der Waals surface area (Å²) in [4.78, 5) is 26.5. The summed E-state index contributed by atoms with van der Waals surface area (Å²) in [6.07, 6.45) is 0. The quantitative estimate of drug-likeness (QED) is 0.666. The average molecular weight is 418 g/mol. The van der Waals surface area contributed by atoms with Crippen LogP contribution < -0.4 is 15.5 Å². The van der Waals surface area contributed by atoms with E-state index < -0.39 is 0 Å². The van der Waals surface area contributed by atoms with Crippen LogP contribution in [0.15, 0.2) is 54.6 Å². The lowest BCUT2D eigenvalue weighted by atomic mass is 9.92. The van der Waals surface area contributed by atoms with Crippen LogP contribution >= 0.6 is 0 Å². The van der Waals surface area contributed by atoms with Gasteiger partial charge in [0.05, 0.1) is 11.4 Å². The maximum atomic E-state index is 13.0. The lowest BCUT2D eigenvalue weighted by Crippen LogP contribution is -2.27. The number of urea groups is 1. The highest BCUT2D eigenvalue weighted by atomic mass is 16.2. The molecule has 160 valence electrons. The van der Waals surface area contributed by atoms with Crippen molar-refractivity contribution >= 4 is 23.4 Å². The number of benzene rings is 2. The number of nitrogens with zero attached hydrogens (tertiary/aromatic N) is 3. The maximum absolute atomic E-state index is 13.0. The third-order valence-corrected chi connectivity index (χ3v) is 5.36. The van der Waals surface area contributed by atoms with Crippen molar-refractivity contribution in [3.8, 4) is 5.69 Å². The van der Waals surface area contributed by atoms with Gasteiger partial charge in [-0.1, -0.05) is 39.0 Å². The van der Waals surface area contributed by atoms with E-state index in [1.54, 1.807) is 33.8 Å². The van der Waals surface area contributed by atoms with Crippen LogP contribution in [0.2, 0.25) is 0 Å². The van der Waals surface area contributed by atoms with Gasteiger partial charge >= 0.3 is 6.03 Å². The van der Waals surface area contributed by atoms with Crippen LogP contribution in [-0.4, -0.2) is 34.8 Å². The smallest absolute Gasteiger partial charge is 0.321 e. The summed E-state index contributed by atoms with van der Waals surface area (Å²) in [5.41, 5.74) is 4.00. The lowest BCUT2D eigenvalue weighted by molar-refractivity contribution is 0.102. The minimum atomic E-state index is -0.229. The van der Waals surface area contributed by atoms with Gasteiger partial charge < -0.3 is 10.6 Å². The fourth-order valence-electron chi connectivity index (χ4n) is 3.52. The molecule has 31 heavy (non-hydrogen) atoms. The zero-order chi connectivity index (χ0) is 22.2. The molecule has 2 aromatic carbocycles. The van der Waals surface area contributed by atoms with Crippen LogP contribution in [0.1, 0.15) is 42.4 Å². The predicted octanol–water partition coefficient (Wildman–Crippen LogP) is 4.26. The van der Waals surface area contributed by atoms with Gasteiger partial charge in [-0.2, -0.15) is 5.10 Å². The van der Waals surface area contributed by atoms with Gasteiger partial charge in [0.2, 0.25) is 0 Å². The Kier molecular flexibility index (Phi) is 5.27. The van der Waals surface area contributed by atoms with Crippen LogP contribution in [0.5, 0.6) is 0 Å². The Morgan fingerprint density at radius 3 is 2.42 bits per heavy atom. The highest BCUT2D eigenvalue weighted by Gasteiger charge is 2.23. The molecular formula is C24H27N5O2. The highest BCUT2D eigenvalue weighted by molar-refractivity contribution is 6.04. The summed E-state index contributed by atoms with van der Waals surface area (Å²) in [5.74, 6) is 0.389. The molecule has 2 heterocycles. The van der Waals surface area contributed by atoms with Crippen molar-refractivity contribution in [3.05, 3.63) is 71.4 Å². The van der Waals surface area contributed by atoms with E-state index in [1.807, 2.05) is 37.3 Å². The molecule has 3 aromatic rings. The van der Waals surface area contributed by atoms with Crippen LogP contribution in [0.3, 0.4) is 0 Å². The van der Waals surface area contributed by atoms with Crippen molar-refractivity contribution < 1.29 is 9.59 Å². The van der Waals surface area contributed by atoms with Gasteiger partial charge in [-0.15, -0.1) is 0 Å². The van der Waals surface area contributed by atoms with Crippen LogP contribution in [-0.2, 0) is 5.41 Å². The van der Waals surface area contributed by atoms with Gasteiger partial charge in [0, 0.05) is 35.8 Å². The fraction of sp³-hybridized carbons (Fsp3) is 0.292. The van der Waals surface area contributed by atoms with Crippen molar-refractivity contribution in [2.24, 2.45) is 0 Å². The first-order chi connectivity index (χ1) is 14.7. The monoisotopic (exact) mass is 417 g/mol. The first-order valence-electron chi connectivity index (χ1n) is 10.4. The van der Waals surface area contributed by atoms with Gasteiger partial charge in [0.1, 0.15) is 5.82 Å². The van der Waals surface area contributed by atoms with Gasteiger partial charge in [-0.3, -0.25) is 9.69 Å². The molecule has 7 heteroatoms. The Balaban J connectivity index is 1.62. The first kappa shape index (κ1) is 20.7. The molecule has 7 nitrogen and oxygen atoms in total. The molecule has 0 spiro atoms. The van der Waals surface area contributed by atoms with Crippen molar-refractivity contribution in [1.29, 1.82) is 0 Å². The van der Waals surface area contributed by atoms with Gasteiger partial charge in [0.15, 0.2) is 0 Å². The minimum absolute atomic E-state index is 0.117. The Bertz CT molecular complexity index is 1130. The number of aromatic nitrogens is 2. The topological polar surface area (TPSA) is 79.3 Å². The van der Waals surface area contributed by atoms with E-state index in [9.17, 15) is 9.59 Å². The maximum Gasteiger partial charge on any atom is 0.321 e. The van der Waals surface area contributed by atoms with Crippen LogP contribution in [0.4, 0.5) is 16.3 Å². The molecule has 1 saturated heterocycles. The molecular weight excluding hydrogens is 390 g/mol. The van der Waals surface area contributed by atoms with E-state index in [0.29, 0.717) is 24.5 Å². The SMILES string of the molecule is Cc1ccccc1-n1nc(C(C)(C)C)cc1NC(=O)c1ccc(N2CCNC2=O)cc1. The number of carbonyl (C=O) groups excluding carboxylic acids is 2. The standard InChI is InChI=1S/C24H27N5O2/c1-16-7-5-6-8-19(16)29-21(15-20(27-29)24(2,3)4)26-22(30)17-9-11-18(12-10-17)28-14-13-25-23(28)31/h5-12,15H,13-14H2,1-4H3,(H,25,31)(H,26,30). The summed E-state index contributed by atoms with van der Waals surface area (Å²) in [6.45, 7) is 9.55. The van der Waals surface area contributed by atoms with E-state index in [-0.39, 0.29) is 17.4 Å². The summed E-state index contributed by atoms with van der Waals surface area (Å²) in [5, 5.41) is 10.6. The third kappa shape index (κ3) is 4.17. The van der Waals surface area contributed by atoms with E-state index in [0.717, 1.165) is 22.6 Å². The average Bonchev–Trinajstić information content (AvgIpc) is 3.35. The van der Waals surface area contributed by atoms with E-state index >= 15 is 0 Å². The molecule has 4 rings (SSSR count). The second kappa shape index (κ2) is 7.91. The number of amides is 3. The molecule has 0 bridgehead atoms. The Hall–Kier alpha value is -3.61. The molecule has 1 aliphatic rings. The number of hydrogen-bond acceptors (Lipinski definition) is 3. The zero-order valence-corrected chi connectivity index (χ0v) is 18.3. The Morgan fingerprint density at radius 1 is 1.10 bits per heavy atom. The van der Waals surface area contributed by atoms with Crippen LogP contribution in [0, 0.1) is 6.92 Å². The summed E-state index contributed by atoms with van der Waals surface area (Å²) >= 11 is 0. The Labute approximate surface area is 182 Å². The number of aryl methyl sites for hydroxylation is 1. The molecule has 1 aromatic heterocycles. The minimum Gasteiger partial charge on any atom is -0.336 e. The molecule has 3 amide bonds. The number of para-hydroxylation sites is 1. The highest BCUT2D eigenvalue weighted by Crippen LogP contribution is 2.28. The van der Waals surface area contributed by atoms with Gasteiger partial charge in [0.25, 0.3) is 5.91 Å². The van der Waals surface area contributed by atoms with Crippen molar-refractivity contribution in [2.45, 2.75) is 33.1 Å². The largest absolute Gasteiger partial charge is 0.336 e. The summed E-state index contributed by atoms with van der Waals surface area (Å²) < 4.78 is 1.79. The van der Waals surface area contributed by atoms with Crippen molar-refractivity contribution in [1.82, 2.24) is 15.1 Å². The van der Waals surface area contributed by atoms with E-state index in [4.69, 9.17) is 5.10 Å². The van der Waals surface area contributed by atoms with Gasteiger partial charge in [-0.25, -0.2) is 9.48 Å². The zero-order valence-electron chi connectivity index (χ0n) is 18.3. The van der Waals surface area contributed by atoms with Gasteiger partial charge in [-0.05, 0) is 42.8 Å². The molecule has 2 N–H and O–H groups in total. The number of rotatable bonds is 4. The molecule has 0 radical (unpaired) electrons. The number of anilines is 2. The molecule has 0 saturated carbocycles.